The lowest BCUT2D eigenvalue weighted by molar-refractivity contribution is -0.123. The van der Waals surface area contributed by atoms with E-state index in [0.29, 0.717) is 5.92 Å². The lowest BCUT2D eigenvalue weighted by atomic mass is 9.97. The number of likely N-dealkylation sites (tertiary alicyclic amines) is 1. The van der Waals surface area contributed by atoms with E-state index in [1.807, 2.05) is 6.07 Å². The predicted molar refractivity (Wildman–Crippen MR) is 116 cm³/mol. The molecule has 6 nitrogen and oxygen atoms in total. The highest BCUT2D eigenvalue weighted by molar-refractivity contribution is 5.85. The number of carbonyl (C=O) groups is 1. The van der Waals surface area contributed by atoms with Crippen molar-refractivity contribution in [2.45, 2.75) is 45.2 Å². The second kappa shape index (κ2) is 10.2. The Morgan fingerprint density at radius 2 is 2.10 bits per heavy atom. The van der Waals surface area contributed by atoms with Crippen LogP contribution in [0.25, 0.3) is 11.3 Å². The van der Waals surface area contributed by atoms with Gasteiger partial charge in [-0.15, -0.1) is 12.4 Å². The van der Waals surface area contributed by atoms with E-state index in [1.165, 1.54) is 12.0 Å². The van der Waals surface area contributed by atoms with Crippen molar-refractivity contribution in [2.75, 3.05) is 26.2 Å². The smallest absolute Gasteiger partial charge is 0.237 e. The zero-order valence-corrected chi connectivity index (χ0v) is 17.8. The number of nitrogens with one attached hydrogen (secondary N) is 2. The van der Waals surface area contributed by atoms with Crippen LogP contribution in [-0.4, -0.2) is 48.2 Å². The highest BCUT2D eigenvalue weighted by Gasteiger charge is 2.25. The van der Waals surface area contributed by atoms with E-state index in [9.17, 15) is 4.79 Å². The Morgan fingerprint density at radius 3 is 2.86 bits per heavy atom. The average Bonchev–Trinajstić information content (AvgIpc) is 3.39. The molecule has 1 aromatic heterocycles. The average molecular weight is 419 g/mol. The van der Waals surface area contributed by atoms with Crippen molar-refractivity contribution in [3.8, 4) is 11.3 Å². The summed E-state index contributed by atoms with van der Waals surface area (Å²) in [6, 6.07) is 10.4. The van der Waals surface area contributed by atoms with E-state index < -0.39 is 0 Å². The van der Waals surface area contributed by atoms with E-state index in [0.717, 1.165) is 69.0 Å². The van der Waals surface area contributed by atoms with Crippen LogP contribution < -0.4 is 10.6 Å². The Hall–Kier alpha value is -1.89. The van der Waals surface area contributed by atoms with E-state index in [2.05, 4.69) is 51.9 Å². The van der Waals surface area contributed by atoms with Crippen molar-refractivity contribution < 1.29 is 9.32 Å². The number of hydrogen-bond acceptors (Lipinski definition) is 5. The zero-order valence-electron chi connectivity index (χ0n) is 17.0. The molecular formula is C22H31ClN4O2. The summed E-state index contributed by atoms with van der Waals surface area (Å²) >= 11 is 0. The molecule has 29 heavy (non-hydrogen) atoms. The van der Waals surface area contributed by atoms with Gasteiger partial charge in [0.1, 0.15) is 5.69 Å². The molecule has 7 heteroatoms. The second-order valence-corrected chi connectivity index (χ2v) is 8.18. The summed E-state index contributed by atoms with van der Waals surface area (Å²) in [5.74, 6) is 1.56. The number of benzene rings is 1. The molecule has 0 saturated carbocycles. The first-order valence-electron chi connectivity index (χ1n) is 10.4. The minimum Gasteiger partial charge on any atom is -0.359 e. The number of aryl methyl sites for hydroxylation is 1. The molecule has 0 spiro atoms. The molecule has 0 radical (unpaired) electrons. The van der Waals surface area contributed by atoms with Gasteiger partial charge >= 0.3 is 0 Å². The van der Waals surface area contributed by atoms with Gasteiger partial charge in [-0.2, -0.15) is 0 Å². The van der Waals surface area contributed by atoms with Crippen LogP contribution in [0.2, 0.25) is 0 Å². The van der Waals surface area contributed by atoms with Gasteiger partial charge in [0.2, 0.25) is 5.91 Å². The SMILES string of the molecule is Cc1ccc(-c2cc(CN3CCCC(CNC(=O)C4CCCN4)C3)on2)cc1.Cl. The van der Waals surface area contributed by atoms with Gasteiger partial charge < -0.3 is 15.2 Å². The van der Waals surface area contributed by atoms with Gasteiger partial charge in [0, 0.05) is 24.7 Å². The summed E-state index contributed by atoms with van der Waals surface area (Å²) in [7, 11) is 0. The minimum absolute atomic E-state index is 0. The molecule has 2 atom stereocenters. The maximum absolute atomic E-state index is 12.2. The van der Waals surface area contributed by atoms with Crippen LogP contribution in [0.4, 0.5) is 0 Å². The van der Waals surface area contributed by atoms with Crippen molar-refractivity contribution in [1.29, 1.82) is 0 Å². The number of amides is 1. The first-order valence-corrected chi connectivity index (χ1v) is 10.4. The number of carbonyl (C=O) groups excluding carboxylic acids is 1. The predicted octanol–water partition coefficient (Wildman–Crippen LogP) is 3.15. The molecule has 2 saturated heterocycles. The van der Waals surface area contributed by atoms with Crippen molar-refractivity contribution in [1.82, 2.24) is 20.7 Å². The summed E-state index contributed by atoms with van der Waals surface area (Å²) in [4.78, 5) is 14.6. The van der Waals surface area contributed by atoms with Crippen LogP contribution in [0.15, 0.2) is 34.9 Å². The Bertz CT molecular complexity index is 786. The number of hydrogen-bond donors (Lipinski definition) is 2. The largest absolute Gasteiger partial charge is 0.359 e. The van der Waals surface area contributed by atoms with Gasteiger partial charge in [0.15, 0.2) is 5.76 Å². The maximum atomic E-state index is 12.2. The maximum Gasteiger partial charge on any atom is 0.237 e. The van der Waals surface area contributed by atoms with Crippen molar-refractivity contribution >= 4 is 18.3 Å². The fourth-order valence-corrected chi connectivity index (χ4v) is 4.21. The fraction of sp³-hybridized carbons (Fsp3) is 0.545. The third-order valence-electron chi connectivity index (χ3n) is 5.83. The van der Waals surface area contributed by atoms with E-state index in [4.69, 9.17) is 4.52 Å². The Labute approximate surface area is 178 Å². The molecule has 0 bridgehead atoms. The molecule has 2 aliphatic rings. The Morgan fingerprint density at radius 1 is 1.28 bits per heavy atom. The van der Waals surface area contributed by atoms with Crippen LogP contribution in [0.3, 0.4) is 0 Å². The molecule has 4 rings (SSSR count). The highest BCUT2D eigenvalue weighted by atomic mass is 35.5. The molecule has 1 aromatic carbocycles. The van der Waals surface area contributed by atoms with Crippen LogP contribution in [0.5, 0.6) is 0 Å². The quantitative estimate of drug-likeness (QED) is 0.754. The Kier molecular flexibility index (Phi) is 7.70. The van der Waals surface area contributed by atoms with Crippen molar-refractivity contribution in [3.05, 3.63) is 41.7 Å². The van der Waals surface area contributed by atoms with E-state index in [1.54, 1.807) is 0 Å². The van der Waals surface area contributed by atoms with Gasteiger partial charge in [-0.3, -0.25) is 9.69 Å². The number of rotatable bonds is 6. The fourth-order valence-electron chi connectivity index (χ4n) is 4.21. The van der Waals surface area contributed by atoms with Crippen LogP contribution >= 0.6 is 12.4 Å². The molecule has 2 N–H and O–H groups in total. The topological polar surface area (TPSA) is 70.4 Å². The minimum atomic E-state index is 0. The third-order valence-corrected chi connectivity index (χ3v) is 5.83. The van der Waals surface area contributed by atoms with E-state index >= 15 is 0 Å². The number of piperidine rings is 1. The van der Waals surface area contributed by atoms with Gasteiger partial charge in [0.25, 0.3) is 0 Å². The normalized spacial score (nSPS) is 22.2. The number of nitrogens with zero attached hydrogens (tertiary/aromatic N) is 2. The highest BCUT2D eigenvalue weighted by Crippen LogP contribution is 2.22. The zero-order chi connectivity index (χ0) is 19.3. The van der Waals surface area contributed by atoms with Gasteiger partial charge in [-0.1, -0.05) is 35.0 Å². The standard InChI is InChI=1S/C22H30N4O2.ClH/c1-16-6-8-18(9-7-16)21-12-19(28-25-21)15-26-11-3-4-17(14-26)13-24-22(27)20-5-2-10-23-20;/h6-9,12,17,20,23H,2-5,10-11,13-15H2,1H3,(H,24,27);1H. The molecule has 0 aliphatic carbocycles. The third kappa shape index (κ3) is 5.81. The number of halogens is 1. The molecule has 158 valence electrons. The van der Waals surface area contributed by atoms with Crippen LogP contribution in [0.1, 0.15) is 37.0 Å². The van der Waals surface area contributed by atoms with Gasteiger partial charge in [-0.25, -0.2) is 0 Å². The summed E-state index contributed by atoms with van der Waals surface area (Å²) in [6.45, 7) is 6.62. The summed E-state index contributed by atoms with van der Waals surface area (Å²) < 4.78 is 5.58. The van der Waals surface area contributed by atoms with E-state index in [-0.39, 0.29) is 24.4 Å². The summed E-state index contributed by atoms with van der Waals surface area (Å²) in [5, 5.41) is 10.6. The molecule has 2 aliphatic heterocycles. The van der Waals surface area contributed by atoms with Crippen molar-refractivity contribution in [3.63, 3.8) is 0 Å². The number of aromatic nitrogens is 1. The van der Waals surface area contributed by atoms with Crippen LogP contribution in [-0.2, 0) is 11.3 Å². The molecule has 2 aromatic rings. The molecular weight excluding hydrogens is 388 g/mol. The second-order valence-electron chi connectivity index (χ2n) is 8.18. The molecule has 2 fully saturated rings. The van der Waals surface area contributed by atoms with Gasteiger partial charge in [-0.05, 0) is 51.6 Å². The van der Waals surface area contributed by atoms with Crippen LogP contribution in [0, 0.1) is 12.8 Å². The lowest BCUT2D eigenvalue weighted by Gasteiger charge is -2.32. The lowest BCUT2D eigenvalue weighted by Crippen LogP contribution is -2.45. The first-order chi connectivity index (χ1) is 13.7. The molecule has 3 heterocycles. The summed E-state index contributed by atoms with van der Waals surface area (Å²) in [6.07, 6.45) is 4.37. The first kappa shape index (κ1) is 21.8. The van der Waals surface area contributed by atoms with Crippen molar-refractivity contribution in [2.24, 2.45) is 5.92 Å². The molecule has 1 amide bonds. The monoisotopic (exact) mass is 418 g/mol. The van der Waals surface area contributed by atoms with Gasteiger partial charge in [0.05, 0.1) is 12.6 Å². The Balaban J connectivity index is 0.00000240. The molecule has 2 unspecified atom stereocenters. The summed E-state index contributed by atoms with van der Waals surface area (Å²) in [5.41, 5.74) is 3.21.